The van der Waals surface area contributed by atoms with Gasteiger partial charge in [-0.2, -0.15) is 10.2 Å². The third-order valence-corrected chi connectivity index (χ3v) is 4.46. The van der Waals surface area contributed by atoms with Crippen molar-refractivity contribution in [2.24, 2.45) is 5.10 Å². The minimum absolute atomic E-state index is 0.247. The Bertz CT molecular complexity index is 1000. The summed E-state index contributed by atoms with van der Waals surface area (Å²) in [5, 5.41) is 8.69. The Balaban J connectivity index is 1.69. The normalized spacial score (nSPS) is 11.4. The van der Waals surface area contributed by atoms with Crippen molar-refractivity contribution in [3.05, 3.63) is 82.7 Å². The van der Waals surface area contributed by atoms with Crippen LogP contribution in [0.4, 0.5) is 0 Å². The van der Waals surface area contributed by atoms with E-state index in [1.54, 1.807) is 13.2 Å². The molecule has 6 nitrogen and oxygen atoms in total. The van der Waals surface area contributed by atoms with Crippen molar-refractivity contribution in [3.8, 4) is 5.75 Å². The van der Waals surface area contributed by atoms with E-state index in [1.807, 2.05) is 74.0 Å². The van der Waals surface area contributed by atoms with E-state index < -0.39 is 0 Å². The predicted molar refractivity (Wildman–Crippen MR) is 110 cm³/mol. The van der Waals surface area contributed by atoms with Crippen LogP contribution < -0.4 is 10.2 Å². The molecule has 2 aromatic carbocycles. The van der Waals surface area contributed by atoms with E-state index in [2.05, 4.69) is 15.6 Å². The summed E-state index contributed by atoms with van der Waals surface area (Å²) in [5.41, 5.74) is 7.90. The number of methoxy groups -OCH3 is 1. The average molecular weight is 376 g/mol. The highest BCUT2D eigenvalue weighted by Gasteiger charge is 2.08. The highest BCUT2D eigenvalue weighted by atomic mass is 16.5. The van der Waals surface area contributed by atoms with Crippen LogP contribution in [0.5, 0.6) is 5.75 Å². The van der Waals surface area contributed by atoms with Gasteiger partial charge < -0.3 is 4.74 Å². The first-order chi connectivity index (χ1) is 13.5. The second-order valence-electron chi connectivity index (χ2n) is 6.65. The number of amides is 1. The number of hydrogen-bond donors (Lipinski definition) is 1. The quantitative estimate of drug-likeness (QED) is 0.527. The second kappa shape index (κ2) is 8.52. The number of nitrogens with zero attached hydrogens (tertiary/aromatic N) is 3. The second-order valence-corrected chi connectivity index (χ2v) is 6.65. The lowest BCUT2D eigenvalue weighted by molar-refractivity contribution is 0.0954. The Morgan fingerprint density at radius 2 is 1.86 bits per heavy atom. The molecule has 1 N–H and O–H groups in total. The first-order valence-electron chi connectivity index (χ1n) is 9.05. The van der Waals surface area contributed by atoms with E-state index in [4.69, 9.17) is 4.74 Å². The number of carbonyl (C=O) groups is 1. The summed E-state index contributed by atoms with van der Waals surface area (Å²) in [6, 6.07) is 17.1. The van der Waals surface area contributed by atoms with Crippen molar-refractivity contribution in [2.75, 3.05) is 7.11 Å². The number of nitrogens with one attached hydrogen (secondary N) is 1. The third-order valence-electron chi connectivity index (χ3n) is 4.46. The Labute approximate surface area is 164 Å². The molecule has 6 heteroatoms. The van der Waals surface area contributed by atoms with Crippen LogP contribution in [0.3, 0.4) is 0 Å². The smallest absolute Gasteiger partial charge is 0.271 e. The Hall–Kier alpha value is -3.41. The molecule has 0 fully saturated rings. The molecule has 0 aliphatic carbocycles. The molecule has 0 atom stereocenters. The molecular formula is C22H24N4O2. The zero-order valence-corrected chi connectivity index (χ0v) is 16.6. The van der Waals surface area contributed by atoms with Crippen molar-refractivity contribution >= 4 is 11.6 Å². The molecule has 3 aromatic rings. The van der Waals surface area contributed by atoms with Crippen LogP contribution in [0.2, 0.25) is 0 Å². The van der Waals surface area contributed by atoms with Crippen molar-refractivity contribution in [2.45, 2.75) is 27.3 Å². The van der Waals surface area contributed by atoms with Crippen LogP contribution in [-0.2, 0) is 6.54 Å². The highest BCUT2D eigenvalue weighted by Crippen LogP contribution is 2.12. The van der Waals surface area contributed by atoms with E-state index in [0.717, 1.165) is 34.0 Å². The number of aromatic nitrogens is 2. The van der Waals surface area contributed by atoms with Crippen molar-refractivity contribution in [3.63, 3.8) is 0 Å². The van der Waals surface area contributed by atoms with Crippen LogP contribution >= 0.6 is 0 Å². The van der Waals surface area contributed by atoms with Gasteiger partial charge in [0.25, 0.3) is 5.91 Å². The van der Waals surface area contributed by atoms with Crippen LogP contribution in [0.15, 0.2) is 59.7 Å². The number of ether oxygens (including phenoxy) is 1. The number of hydrazone groups is 1. The van der Waals surface area contributed by atoms with E-state index in [-0.39, 0.29) is 5.91 Å². The first-order valence-corrected chi connectivity index (χ1v) is 9.05. The van der Waals surface area contributed by atoms with Crippen LogP contribution in [0, 0.1) is 13.8 Å². The zero-order chi connectivity index (χ0) is 20.1. The summed E-state index contributed by atoms with van der Waals surface area (Å²) in [7, 11) is 1.62. The Kier molecular flexibility index (Phi) is 5.89. The van der Waals surface area contributed by atoms with Gasteiger partial charge in [0.1, 0.15) is 5.75 Å². The van der Waals surface area contributed by atoms with Crippen LogP contribution in [0.25, 0.3) is 0 Å². The summed E-state index contributed by atoms with van der Waals surface area (Å²) >= 11 is 0. The lowest BCUT2D eigenvalue weighted by Gasteiger charge is -2.07. The largest absolute Gasteiger partial charge is 0.497 e. The lowest BCUT2D eigenvalue weighted by atomic mass is 10.1. The molecule has 0 saturated carbocycles. The molecule has 144 valence electrons. The van der Waals surface area contributed by atoms with Gasteiger partial charge in [0, 0.05) is 11.3 Å². The summed E-state index contributed by atoms with van der Waals surface area (Å²) in [5.74, 6) is 0.531. The number of carbonyl (C=O) groups excluding carboxylic acids is 1. The van der Waals surface area contributed by atoms with Gasteiger partial charge in [0.2, 0.25) is 0 Å². The number of aryl methyl sites for hydroxylation is 2. The monoisotopic (exact) mass is 376 g/mol. The summed E-state index contributed by atoms with van der Waals surface area (Å²) in [4.78, 5) is 12.5. The van der Waals surface area contributed by atoms with Crippen LogP contribution in [0.1, 0.15) is 39.8 Å². The van der Waals surface area contributed by atoms with Gasteiger partial charge in [-0.3, -0.25) is 9.48 Å². The molecule has 0 saturated heterocycles. The Morgan fingerprint density at radius 3 is 2.50 bits per heavy atom. The molecule has 0 aliphatic rings. The number of benzene rings is 2. The van der Waals surface area contributed by atoms with Gasteiger partial charge in [0.15, 0.2) is 0 Å². The van der Waals surface area contributed by atoms with E-state index in [1.165, 1.54) is 0 Å². The Morgan fingerprint density at radius 1 is 1.11 bits per heavy atom. The van der Waals surface area contributed by atoms with Gasteiger partial charge in [-0.1, -0.05) is 12.1 Å². The fraction of sp³-hybridized carbons (Fsp3) is 0.227. The van der Waals surface area contributed by atoms with E-state index >= 15 is 0 Å². The van der Waals surface area contributed by atoms with Gasteiger partial charge in [-0.25, -0.2) is 5.43 Å². The molecule has 1 amide bonds. The third kappa shape index (κ3) is 4.65. The summed E-state index contributed by atoms with van der Waals surface area (Å²) < 4.78 is 7.08. The van der Waals surface area contributed by atoms with Gasteiger partial charge in [-0.15, -0.1) is 0 Å². The maximum absolute atomic E-state index is 12.5. The molecule has 3 rings (SSSR count). The van der Waals surface area contributed by atoms with Crippen molar-refractivity contribution in [1.82, 2.24) is 15.2 Å². The molecular weight excluding hydrogens is 352 g/mol. The van der Waals surface area contributed by atoms with E-state index in [9.17, 15) is 4.79 Å². The molecule has 0 radical (unpaired) electrons. The fourth-order valence-corrected chi connectivity index (χ4v) is 2.91. The highest BCUT2D eigenvalue weighted by molar-refractivity contribution is 6.00. The SMILES string of the molecule is COc1ccc(/C(C)=N\NC(=O)c2cccc(Cn3nc(C)cc3C)c2)cc1. The minimum atomic E-state index is -0.247. The molecule has 1 heterocycles. The van der Waals surface area contributed by atoms with Crippen molar-refractivity contribution in [1.29, 1.82) is 0 Å². The fourth-order valence-electron chi connectivity index (χ4n) is 2.91. The average Bonchev–Trinajstić information content (AvgIpc) is 3.02. The van der Waals surface area contributed by atoms with Crippen LogP contribution in [-0.4, -0.2) is 28.5 Å². The number of hydrogen-bond acceptors (Lipinski definition) is 4. The zero-order valence-electron chi connectivity index (χ0n) is 16.6. The van der Waals surface area contributed by atoms with E-state index in [0.29, 0.717) is 12.1 Å². The van der Waals surface area contributed by atoms with Crippen molar-refractivity contribution < 1.29 is 9.53 Å². The predicted octanol–water partition coefficient (Wildman–Crippen LogP) is 3.71. The molecule has 1 aromatic heterocycles. The van der Waals surface area contributed by atoms with Gasteiger partial charge in [0.05, 0.1) is 25.1 Å². The standard InChI is InChI=1S/C22H24N4O2/c1-15-12-16(2)26(25-15)14-18-6-5-7-20(13-18)22(27)24-23-17(3)19-8-10-21(28-4)11-9-19/h5-13H,14H2,1-4H3,(H,24,27)/b23-17-. The molecule has 28 heavy (non-hydrogen) atoms. The van der Waals surface area contributed by atoms with Gasteiger partial charge in [-0.05, 0) is 74.4 Å². The number of rotatable bonds is 6. The molecule has 0 bridgehead atoms. The topological polar surface area (TPSA) is 68.5 Å². The summed E-state index contributed by atoms with van der Waals surface area (Å²) in [6.45, 7) is 6.46. The summed E-state index contributed by atoms with van der Waals surface area (Å²) in [6.07, 6.45) is 0. The molecule has 0 spiro atoms. The molecule has 0 aliphatic heterocycles. The maximum Gasteiger partial charge on any atom is 0.271 e. The molecule has 0 unspecified atom stereocenters. The minimum Gasteiger partial charge on any atom is -0.497 e. The lowest BCUT2D eigenvalue weighted by Crippen LogP contribution is -2.19. The maximum atomic E-state index is 12.5. The first kappa shape index (κ1) is 19.4. The van der Waals surface area contributed by atoms with Gasteiger partial charge >= 0.3 is 0 Å².